The van der Waals surface area contributed by atoms with Crippen molar-refractivity contribution < 1.29 is 9.84 Å². The second-order valence-electron chi connectivity index (χ2n) is 9.30. The zero-order chi connectivity index (χ0) is 29.2. The first-order chi connectivity index (χ1) is 17.5. The summed E-state index contributed by atoms with van der Waals surface area (Å²) < 4.78 is 5.99. The largest absolute Gasteiger partial charge is 0.491 e. The molecule has 0 bridgehead atoms. The average Bonchev–Trinajstić information content (AvgIpc) is 2.83. The van der Waals surface area contributed by atoms with Crippen LogP contribution in [0.2, 0.25) is 0 Å². The first kappa shape index (κ1) is 38.9. The van der Waals surface area contributed by atoms with Gasteiger partial charge in [-0.25, -0.2) is 0 Å². The lowest BCUT2D eigenvalue weighted by atomic mass is 9.92. The molecule has 0 amide bonds. The van der Waals surface area contributed by atoms with Gasteiger partial charge in [-0.05, 0) is 79.7 Å². The van der Waals surface area contributed by atoms with Crippen molar-refractivity contribution in [2.75, 3.05) is 0 Å². The molecule has 210 valence electrons. The summed E-state index contributed by atoms with van der Waals surface area (Å²) in [5.74, 6) is 0.950. The summed E-state index contributed by atoms with van der Waals surface area (Å²) >= 11 is 0. The summed E-state index contributed by atoms with van der Waals surface area (Å²) in [6.45, 7) is 29.7. The third-order valence-electron chi connectivity index (χ3n) is 5.08. The summed E-state index contributed by atoms with van der Waals surface area (Å²) in [5, 5.41) is 9.94. The molecule has 2 nitrogen and oxygen atoms in total. The second kappa shape index (κ2) is 26.5. The van der Waals surface area contributed by atoms with E-state index in [1.165, 1.54) is 11.1 Å². The van der Waals surface area contributed by atoms with Gasteiger partial charge >= 0.3 is 0 Å². The maximum Gasteiger partial charge on any atom is 0.115 e. The zero-order valence-corrected chi connectivity index (χ0v) is 26.0. The average molecular weight is 511 g/mol. The van der Waals surface area contributed by atoms with Gasteiger partial charge in [0.1, 0.15) is 5.76 Å². The van der Waals surface area contributed by atoms with Gasteiger partial charge in [0.25, 0.3) is 0 Å². The maximum absolute atomic E-state index is 9.94. The SMILES string of the molecule is C=C(OC(C)CC(CCC)C(C)O)/C(C)=C/C=C/C(C)=C/C=C/C=C(C)/C=C/C=C(C)C.C=CC.CC. The fourth-order valence-corrected chi connectivity index (χ4v) is 3.09. The van der Waals surface area contributed by atoms with E-state index in [-0.39, 0.29) is 18.1 Å². The molecule has 2 heteroatoms. The van der Waals surface area contributed by atoms with Gasteiger partial charge in [0.2, 0.25) is 0 Å². The molecule has 0 aliphatic rings. The topological polar surface area (TPSA) is 29.5 Å². The summed E-state index contributed by atoms with van der Waals surface area (Å²) in [7, 11) is 0. The Kier molecular flexibility index (Phi) is 27.9. The van der Waals surface area contributed by atoms with Crippen molar-refractivity contribution in [1.29, 1.82) is 0 Å². The third kappa shape index (κ3) is 26.3. The van der Waals surface area contributed by atoms with Crippen LogP contribution < -0.4 is 0 Å². The van der Waals surface area contributed by atoms with Crippen molar-refractivity contribution in [3.05, 3.63) is 108 Å². The van der Waals surface area contributed by atoms with Crippen LogP contribution in [0.5, 0.6) is 0 Å². The van der Waals surface area contributed by atoms with Crippen molar-refractivity contribution >= 4 is 0 Å². The van der Waals surface area contributed by atoms with Gasteiger partial charge in [-0.15, -0.1) is 6.58 Å². The maximum atomic E-state index is 9.94. The molecule has 0 rings (SSSR count). The van der Waals surface area contributed by atoms with E-state index >= 15 is 0 Å². The van der Waals surface area contributed by atoms with Gasteiger partial charge in [0.15, 0.2) is 0 Å². The van der Waals surface area contributed by atoms with Gasteiger partial charge in [-0.3, -0.25) is 0 Å². The minimum Gasteiger partial charge on any atom is -0.491 e. The molecule has 0 radical (unpaired) electrons. The van der Waals surface area contributed by atoms with Crippen LogP contribution in [0.3, 0.4) is 0 Å². The Bertz CT molecular complexity index is 806. The van der Waals surface area contributed by atoms with Crippen molar-refractivity contribution in [1.82, 2.24) is 0 Å². The number of ether oxygens (including phenoxy) is 1. The van der Waals surface area contributed by atoms with Crippen molar-refractivity contribution in [2.24, 2.45) is 5.92 Å². The Morgan fingerprint density at radius 2 is 1.30 bits per heavy atom. The Morgan fingerprint density at radius 3 is 1.70 bits per heavy atom. The predicted octanol–water partition coefficient (Wildman–Crippen LogP) is 10.8. The van der Waals surface area contributed by atoms with E-state index in [2.05, 4.69) is 90.3 Å². The lowest BCUT2D eigenvalue weighted by molar-refractivity contribution is 0.0585. The molecule has 1 N–H and O–H groups in total. The molecule has 0 saturated carbocycles. The fourth-order valence-electron chi connectivity index (χ4n) is 3.09. The van der Waals surface area contributed by atoms with Crippen LogP contribution >= 0.6 is 0 Å². The summed E-state index contributed by atoms with van der Waals surface area (Å²) in [4.78, 5) is 0. The van der Waals surface area contributed by atoms with Crippen LogP contribution in [0.4, 0.5) is 0 Å². The molecule has 0 saturated heterocycles. The van der Waals surface area contributed by atoms with E-state index in [0.717, 1.165) is 30.4 Å². The predicted molar refractivity (Wildman–Crippen MR) is 170 cm³/mol. The molecule has 0 aliphatic heterocycles. The Balaban J connectivity index is -0.00000214. The Hall–Kier alpha value is -2.58. The van der Waals surface area contributed by atoms with Crippen LogP contribution in [0.15, 0.2) is 108 Å². The first-order valence-corrected chi connectivity index (χ1v) is 13.8. The summed E-state index contributed by atoms with van der Waals surface area (Å²) in [6.07, 6.45) is 25.1. The van der Waals surface area contributed by atoms with Crippen molar-refractivity contribution in [2.45, 2.75) is 108 Å². The number of allylic oxidation sites excluding steroid dienone is 15. The van der Waals surface area contributed by atoms with Gasteiger partial charge in [-0.2, -0.15) is 0 Å². The standard InChI is InChI=1S/C30H46O2.C3H6.C2H6/c1-10-15-30(28(8)31)22-27(7)32-29(9)26(6)21-14-20-25(5)18-12-11-17-24(4)19-13-16-23(2)3;1-3-2;1-2/h11-14,16-21,27-28,30-31H,9-10,15,22H2,1-8H3;3H,1H2,2H3;1-2H3/b12-11+,19-13+,20-14+,24-17+,25-18+,26-21+;;. The fraction of sp³-hybridized carbons (Fsp3) is 0.486. The summed E-state index contributed by atoms with van der Waals surface area (Å²) in [5.41, 5.74) is 4.67. The number of aliphatic hydroxyl groups excluding tert-OH is 1. The van der Waals surface area contributed by atoms with E-state index in [0.29, 0.717) is 5.76 Å². The molecule has 0 aliphatic carbocycles. The van der Waals surface area contributed by atoms with Crippen molar-refractivity contribution in [3.63, 3.8) is 0 Å². The molecule has 0 heterocycles. The van der Waals surface area contributed by atoms with Crippen LogP contribution in [-0.4, -0.2) is 17.3 Å². The lowest BCUT2D eigenvalue weighted by Gasteiger charge is -2.24. The van der Waals surface area contributed by atoms with E-state index in [1.807, 2.05) is 59.8 Å². The molecule has 0 aromatic carbocycles. The number of rotatable bonds is 14. The molecule has 37 heavy (non-hydrogen) atoms. The van der Waals surface area contributed by atoms with E-state index in [4.69, 9.17) is 4.74 Å². The van der Waals surface area contributed by atoms with Gasteiger partial charge < -0.3 is 9.84 Å². The van der Waals surface area contributed by atoms with Crippen LogP contribution in [0, 0.1) is 5.92 Å². The van der Waals surface area contributed by atoms with Crippen LogP contribution in [0.25, 0.3) is 0 Å². The van der Waals surface area contributed by atoms with Gasteiger partial charge in [-0.1, -0.05) is 117 Å². The van der Waals surface area contributed by atoms with Crippen molar-refractivity contribution in [3.8, 4) is 0 Å². The molecule has 0 fully saturated rings. The first-order valence-electron chi connectivity index (χ1n) is 13.8. The smallest absolute Gasteiger partial charge is 0.115 e. The zero-order valence-electron chi connectivity index (χ0n) is 26.0. The molecule has 0 aromatic heterocycles. The van der Waals surface area contributed by atoms with Crippen LogP contribution in [0.1, 0.15) is 95.4 Å². The number of hydrogen-bond donors (Lipinski definition) is 1. The highest BCUT2D eigenvalue weighted by atomic mass is 16.5. The highest BCUT2D eigenvalue weighted by Crippen LogP contribution is 2.22. The highest BCUT2D eigenvalue weighted by molar-refractivity contribution is 5.31. The quantitative estimate of drug-likeness (QED) is 0.143. The Morgan fingerprint density at radius 1 is 0.838 bits per heavy atom. The van der Waals surface area contributed by atoms with Gasteiger partial charge in [0, 0.05) is 0 Å². The molecule has 3 unspecified atom stereocenters. The molecule has 3 atom stereocenters. The normalized spacial score (nSPS) is 14.9. The minimum absolute atomic E-state index is 0.0288. The van der Waals surface area contributed by atoms with Gasteiger partial charge in [0.05, 0.1) is 12.2 Å². The molecule has 0 spiro atoms. The molecule has 0 aromatic rings. The van der Waals surface area contributed by atoms with Crippen LogP contribution in [-0.2, 0) is 4.74 Å². The lowest BCUT2D eigenvalue weighted by Crippen LogP contribution is -2.22. The van der Waals surface area contributed by atoms with E-state index in [9.17, 15) is 5.11 Å². The molecular weight excluding hydrogens is 452 g/mol. The highest BCUT2D eigenvalue weighted by Gasteiger charge is 2.18. The molecular formula is C35H58O2. The second-order valence-corrected chi connectivity index (χ2v) is 9.30. The van der Waals surface area contributed by atoms with E-state index in [1.54, 1.807) is 6.08 Å². The van der Waals surface area contributed by atoms with E-state index < -0.39 is 0 Å². The Labute approximate surface area is 231 Å². The third-order valence-corrected chi connectivity index (χ3v) is 5.08. The number of hydrogen-bond acceptors (Lipinski definition) is 2. The minimum atomic E-state index is -0.309. The summed E-state index contributed by atoms with van der Waals surface area (Å²) in [6, 6.07) is 0. The monoisotopic (exact) mass is 510 g/mol. The number of aliphatic hydroxyl groups is 1.